The van der Waals surface area contributed by atoms with Crippen molar-refractivity contribution in [1.82, 2.24) is 9.97 Å². The van der Waals surface area contributed by atoms with Gasteiger partial charge in [0.1, 0.15) is 0 Å². The third-order valence-corrected chi connectivity index (χ3v) is 3.83. The molecule has 0 saturated carbocycles. The van der Waals surface area contributed by atoms with E-state index in [4.69, 9.17) is 0 Å². The quantitative estimate of drug-likeness (QED) is 0.833. The lowest BCUT2D eigenvalue weighted by Gasteiger charge is -2.05. The number of hydrogen-bond acceptors (Lipinski definition) is 4. The number of hydrogen-bond donors (Lipinski definition) is 2. The number of benzene rings is 1. The number of rotatable bonds is 2. The Morgan fingerprint density at radius 3 is 2.05 bits per heavy atom. The Morgan fingerprint density at radius 2 is 1.58 bits per heavy atom. The zero-order valence-corrected chi connectivity index (χ0v) is 11.2. The molecular weight excluding hydrogens is 268 g/mol. The Labute approximate surface area is 109 Å². The van der Waals surface area contributed by atoms with Crippen molar-refractivity contribution in [1.29, 1.82) is 0 Å². The highest BCUT2D eigenvalue weighted by molar-refractivity contribution is 7.90. The molecule has 0 atom stereocenters. The molecule has 0 bridgehead atoms. The molecule has 1 aromatic carbocycles. The van der Waals surface area contributed by atoms with E-state index in [9.17, 15) is 18.0 Å². The molecule has 19 heavy (non-hydrogen) atoms. The molecule has 0 spiro atoms. The molecule has 0 radical (unpaired) electrons. The lowest BCUT2D eigenvalue weighted by atomic mass is 10.1. The van der Waals surface area contributed by atoms with E-state index < -0.39 is 21.1 Å². The van der Waals surface area contributed by atoms with Gasteiger partial charge >= 0.3 is 5.69 Å². The summed E-state index contributed by atoms with van der Waals surface area (Å²) < 4.78 is 22.7. The highest BCUT2D eigenvalue weighted by Gasteiger charge is 2.11. The summed E-state index contributed by atoms with van der Waals surface area (Å²) in [5, 5.41) is 0. The van der Waals surface area contributed by atoms with E-state index in [-0.39, 0.29) is 4.90 Å². The van der Waals surface area contributed by atoms with Gasteiger partial charge in [-0.25, -0.2) is 13.2 Å². The number of H-pyrrole nitrogens is 2. The summed E-state index contributed by atoms with van der Waals surface area (Å²) in [5.41, 5.74) is 0.218. The van der Waals surface area contributed by atoms with Gasteiger partial charge in [0, 0.05) is 11.9 Å². The lowest BCUT2D eigenvalue weighted by molar-refractivity contribution is 0.602. The fourth-order valence-electron chi connectivity index (χ4n) is 1.82. The van der Waals surface area contributed by atoms with Crippen LogP contribution in [0.15, 0.2) is 38.8 Å². The van der Waals surface area contributed by atoms with Crippen molar-refractivity contribution in [2.24, 2.45) is 0 Å². The van der Waals surface area contributed by atoms with Crippen LogP contribution in [0.2, 0.25) is 0 Å². The molecule has 6 nitrogen and oxygen atoms in total. The molecule has 0 fully saturated rings. The maximum atomic E-state index is 11.7. The first kappa shape index (κ1) is 13.3. The molecule has 0 saturated heterocycles. The van der Waals surface area contributed by atoms with E-state index in [2.05, 4.69) is 9.97 Å². The maximum absolute atomic E-state index is 11.7. The van der Waals surface area contributed by atoms with Gasteiger partial charge in [0.05, 0.1) is 10.5 Å². The smallest absolute Gasteiger partial charge is 0.311 e. The van der Waals surface area contributed by atoms with Crippen molar-refractivity contribution in [3.05, 3.63) is 50.8 Å². The number of aryl methyl sites for hydroxylation is 1. The highest BCUT2D eigenvalue weighted by Crippen LogP contribution is 2.19. The third-order valence-electron chi connectivity index (χ3n) is 2.70. The van der Waals surface area contributed by atoms with Crippen molar-refractivity contribution in [3.8, 4) is 11.1 Å². The van der Waals surface area contributed by atoms with Crippen molar-refractivity contribution < 1.29 is 8.42 Å². The maximum Gasteiger partial charge on any atom is 0.325 e. The number of aromatic nitrogens is 2. The minimum atomic E-state index is -3.27. The van der Waals surface area contributed by atoms with Gasteiger partial charge in [0.2, 0.25) is 0 Å². The van der Waals surface area contributed by atoms with E-state index in [1.165, 1.54) is 24.3 Å². The van der Waals surface area contributed by atoms with Crippen molar-refractivity contribution in [3.63, 3.8) is 0 Å². The Hall–Kier alpha value is -2.15. The topological polar surface area (TPSA) is 99.9 Å². The SMILES string of the molecule is Cc1[nH]c(=O)[nH]c(=O)c1-c1ccc(S(C)(=O)=O)cc1. The monoisotopic (exact) mass is 280 g/mol. The fourth-order valence-corrected chi connectivity index (χ4v) is 2.45. The summed E-state index contributed by atoms with van der Waals surface area (Å²) in [6.07, 6.45) is 1.11. The van der Waals surface area contributed by atoms with E-state index in [0.717, 1.165) is 6.26 Å². The van der Waals surface area contributed by atoms with Gasteiger partial charge in [-0.3, -0.25) is 9.78 Å². The van der Waals surface area contributed by atoms with Crippen LogP contribution < -0.4 is 11.2 Å². The molecule has 0 aliphatic carbocycles. The molecule has 0 unspecified atom stereocenters. The Morgan fingerprint density at radius 1 is 1.00 bits per heavy atom. The first-order chi connectivity index (χ1) is 8.79. The standard InChI is InChI=1S/C12H12N2O4S/c1-7-10(11(15)14-12(16)13-7)8-3-5-9(6-4-8)19(2,17)18/h3-6H,1-2H3,(H2,13,14,15,16). The molecule has 0 amide bonds. The minimum Gasteiger partial charge on any atom is -0.311 e. The van der Waals surface area contributed by atoms with E-state index >= 15 is 0 Å². The molecule has 2 rings (SSSR count). The number of sulfone groups is 1. The van der Waals surface area contributed by atoms with E-state index in [1.54, 1.807) is 6.92 Å². The van der Waals surface area contributed by atoms with Crippen LogP contribution in [-0.4, -0.2) is 24.6 Å². The number of aromatic amines is 2. The molecule has 2 N–H and O–H groups in total. The van der Waals surface area contributed by atoms with Crippen molar-refractivity contribution >= 4 is 9.84 Å². The number of nitrogens with one attached hydrogen (secondary N) is 2. The second-order valence-corrected chi connectivity index (χ2v) is 6.22. The molecule has 2 aromatic rings. The summed E-state index contributed by atoms with van der Waals surface area (Å²) in [6.45, 7) is 1.61. The Balaban J connectivity index is 2.62. The zero-order chi connectivity index (χ0) is 14.2. The summed E-state index contributed by atoms with van der Waals surface area (Å²) >= 11 is 0. The van der Waals surface area contributed by atoms with Crippen molar-refractivity contribution in [2.75, 3.05) is 6.26 Å². The normalized spacial score (nSPS) is 11.5. The first-order valence-electron chi connectivity index (χ1n) is 5.43. The highest BCUT2D eigenvalue weighted by atomic mass is 32.2. The van der Waals surface area contributed by atoms with Crippen LogP contribution >= 0.6 is 0 Å². The van der Waals surface area contributed by atoms with Crippen LogP contribution in [0, 0.1) is 6.92 Å². The van der Waals surface area contributed by atoms with Gasteiger partial charge in [0.15, 0.2) is 9.84 Å². The fraction of sp³-hybridized carbons (Fsp3) is 0.167. The molecule has 1 aromatic heterocycles. The lowest BCUT2D eigenvalue weighted by Crippen LogP contribution is -2.24. The molecule has 0 aliphatic rings. The summed E-state index contributed by atoms with van der Waals surface area (Å²) in [7, 11) is -3.27. The zero-order valence-electron chi connectivity index (χ0n) is 10.4. The van der Waals surface area contributed by atoms with Gasteiger partial charge in [-0.2, -0.15) is 0 Å². The molecule has 0 aliphatic heterocycles. The molecule has 100 valence electrons. The van der Waals surface area contributed by atoms with Gasteiger partial charge in [0.25, 0.3) is 5.56 Å². The van der Waals surface area contributed by atoms with Crippen LogP contribution in [0.4, 0.5) is 0 Å². The Bertz CT molecular complexity index is 829. The third kappa shape index (κ3) is 2.65. The van der Waals surface area contributed by atoms with Crippen LogP contribution in [0.25, 0.3) is 11.1 Å². The average molecular weight is 280 g/mol. The van der Waals surface area contributed by atoms with E-state index in [0.29, 0.717) is 16.8 Å². The van der Waals surface area contributed by atoms with Crippen LogP contribution in [-0.2, 0) is 9.84 Å². The summed E-state index contributed by atoms with van der Waals surface area (Å²) in [5.74, 6) is 0. The minimum absolute atomic E-state index is 0.176. The van der Waals surface area contributed by atoms with Gasteiger partial charge < -0.3 is 4.98 Å². The second kappa shape index (κ2) is 4.51. The van der Waals surface area contributed by atoms with Gasteiger partial charge in [-0.05, 0) is 24.6 Å². The Kier molecular flexibility index (Phi) is 3.15. The summed E-state index contributed by atoms with van der Waals surface area (Å²) in [6, 6.07) is 5.92. The van der Waals surface area contributed by atoms with Crippen LogP contribution in [0.5, 0.6) is 0 Å². The van der Waals surface area contributed by atoms with Crippen LogP contribution in [0.1, 0.15) is 5.69 Å². The largest absolute Gasteiger partial charge is 0.325 e. The molecule has 1 heterocycles. The second-order valence-electron chi connectivity index (χ2n) is 4.20. The average Bonchev–Trinajstić information content (AvgIpc) is 2.27. The van der Waals surface area contributed by atoms with E-state index in [1.807, 2.05) is 0 Å². The van der Waals surface area contributed by atoms with Gasteiger partial charge in [-0.1, -0.05) is 12.1 Å². The first-order valence-corrected chi connectivity index (χ1v) is 7.32. The molecular formula is C12H12N2O4S. The van der Waals surface area contributed by atoms with Crippen LogP contribution in [0.3, 0.4) is 0 Å². The van der Waals surface area contributed by atoms with Crippen molar-refractivity contribution in [2.45, 2.75) is 11.8 Å². The predicted octanol–water partition coefficient (Wildman–Crippen LogP) is 0.442. The van der Waals surface area contributed by atoms with Gasteiger partial charge in [-0.15, -0.1) is 0 Å². The predicted molar refractivity (Wildman–Crippen MR) is 71.0 cm³/mol. The molecule has 7 heteroatoms. The summed E-state index contributed by atoms with van der Waals surface area (Å²) in [4.78, 5) is 27.6.